The summed E-state index contributed by atoms with van der Waals surface area (Å²) < 4.78 is 29.8. The number of aliphatic hydroxyl groups excluding tert-OH is 1. The Labute approximate surface area is 201 Å². The number of hydrogen-bond donors (Lipinski definition) is 1. The van der Waals surface area contributed by atoms with E-state index in [1.165, 1.54) is 0 Å². The van der Waals surface area contributed by atoms with Crippen molar-refractivity contribution in [1.29, 1.82) is 0 Å². The maximum absolute atomic E-state index is 9.17. The molecule has 14 heteroatoms. The van der Waals surface area contributed by atoms with E-state index in [4.69, 9.17) is 22.3 Å². The monoisotopic (exact) mass is 995 g/mol. The molecule has 1 aliphatic heterocycles. The van der Waals surface area contributed by atoms with Gasteiger partial charge >= 0.3 is 135 Å². The second-order valence-electron chi connectivity index (χ2n) is 3.37. The van der Waals surface area contributed by atoms with Crippen LogP contribution in [0.2, 0.25) is 6.95 Å². The standard InChI is InChI=1S/C8H9O3.2HOPS.H3P.H2S.3Tl/c1-2-8-7(10)4-3-6(5-9)11-8;2*1-3-2;;;;;/h1,3-4,6-9H,5H2;2*2H;1H3;1H2;;;/q-1;;;;;;;+1/p-1/t6-,7-,8+;;;;;;;/m0......./s1. The van der Waals surface area contributed by atoms with Gasteiger partial charge in [0.1, 0.15) is 21.7 Å². The molecule has 1 heterocycles. The van der Waals surface area contributed by atoms with Gasteiger partial charge < -0.3 is 13.5 Å². The Kier molecular flexibility index (Phi) is 34.2. The first-order valence-electron chi connectivity index (χ1n) is 4.99. The van der Waals surface area contributed by atoms with Crippen LogP contribution in [-0.4, -0.2) is 116 Å². The third kappa shape index (κ3) is 13.8. The Morgan fingerprint density at radius 1 is 1.27 bits per heavy atom. The van der Waals surface area contributed by atoms with Gasteiger partial charge in [-0.2, -0.15) is 9.90 Å². The van der Waals surface area contributed by atoms with E-state index in [2.05, 4.69) is 22.0 Å². The summed E-state index contributed by atoms with van der Waals surface area (Å²) in [4.78, 5) is 0. The van der Waals surface area contributed by atoms with Crippen LogP contribution in [0.4, 0.5) is 0 Å². The van der Waals surface area contributed by atoms with Crippen molar-refractivity contribution < 1.29 is 20.9 Å². The third-order valence-electron chi connectivity index (χ3n) is 2.37. The van der Waals surface area contributed by atoms with Crippen LogP contribution in [0.25, 0.3) is 0 Å². The van der Waals surface area contributed by atoms with Crippen molar-refractivity contribution in [1.82, 2.24) is 0 Å². The molecule has 0 aromatic carbocycles. The molecule has 120 valence electrons. The number of aliphatic hydroxyl groups is 1. The van der Waals surface area contributed by atoms with Gasteiger partial charge in [0.2, 0.25) is 0 Å². The number of hydrogen-bond acceptors (Lipinski definition) is 6. The van der Waals surface area contributed by atoms with Gasteiger partial charge in [0, 0.05) is 0 Å². The van der Waals surface area contributed by atoms with Crippen molar-refractivity contribution in [3.63, 3.8) is 0 Å². The summed E-state index contributed by atoms with van der Waals surface area (Å²) in [5.74, 6) is 2.63. The van der Waals surface area contributed by atoms with Crippen LogP contribution in [0.1, 0.15) is 0 Å². The van der Waals surface area contributed by atoms with Crippen molar-refractivity contribution in [3.05, 3.63) is 0 Å². The second kappa shape index (κ2) is 22.7. The summed E-state index contributed by atoms with van der Waals surface area (Å²) in [6.45, 7) is 0.0959. The van der Waals surface area contributed by atoms with Gasteiger partial charge in [0.05, 0.1) is 0 Å². The fourth-order valence-corrected chi connectivity index (χ4v) is 9.27. The van der Waals surface area contributed by atoms with E-state index >= 15 is 0 Å². The minimum atomic E-state index is -0.234. The summed E-state index contributed by atoms with van der Waals surface area (Å²) in [5, 5.41) is 9.17. The summed E-state index contributed by atoms with van der Waals surface area (Å²) in [6, 6.07) is 0. The Morgan fingerprint density at radius 3 is 1.95 bits per heavy atom. The Hall–Kier alpha value is 3.63. The first-order chi connectivity index (χ1) is 9.48. The third-order valence-corrected chi connectivity index (χ3v) is 16.9. The molecule has 0 bridgehead atoms. The fourth-order valence-electron chi connectivity index (χ4n) is 1.49. The maximum Gasteiger partial charge on any atom is 0.110 e. The summed E-state index contributed by atoms with van der Waals surface area (Å²) in [7, 11) is 5.70. The van der Waals surface area contributed by atoms with E-state index in [1.807, 2.05) is 0 Å². The van der Waals surface area contributed by atoms with Crippen LogP contribution < -0.4 is 0 Å². The molecule has 1 saturated heterocycles. The van der Waals surface area contributed by atoms with Crippen molar-refractivity contribution in [2.24, 2.45) is 0 Å². The van der Waals surface area contributed by atoms with Crippen LogP contribution in [0.3, 0.4) is 0 Å². The zero-order valence-electron chi connectivity index (χ0n) is 11.5. The molecule has 0 aromatic heterocycles. The predicted molar refractivity (Wildman–Crippen MR) is 107 cm³/mol. The Morgan fingerprint density at radius 2 is 1.68 bits per heavy atom. The molecular formula is C8H15O5P3S3Tl3-. The Bertz CT molecular complexity index is 379. The molecule has 0 radical (unpaired) electrons. The average Bonchev–Trinajstić information content (AvgIpc) is 2.43. The van der Waals surface area contributed by atoms with E-state index < -0.39 is 0 Å². The number of thiol groups is 1. The minimum Gasteiger partial charge on any atom is -0.813 e. The zero-order valence-corrected chi connectivity index (χ0v) is 30.9. The number of ether oxygens (including phenoxy) is 1. The fraction of sp³-hybridized carbons (Fsp3) is 0.750. The summed E-state index contributed by atoms with van der Waals surface area (Å²) in [5.41, 5.74) is 0. The molecular weight excluding hydrogens is 978 g/mol. The molecule has 0 saturated carbocycles. The van der Waals surface area contributed by atoms with Crippen LogP contribution in [0.5, 0.6) is 0 Å². The molecule has 1 aliphatic rings. The molecule has 22 heavy (non-hydrogen) atoms. The molecule has 1 unspecified atom stereocenters. The molecule has 0 aromatic rings. The minimum absolute atomic E-state index is 0. The van der Waals surface area contributed by atoms with Crippen molar-refractivity contribution in [2.75, 3.05) is 6.61 Å². The van der Waals surface area contributed by atoms with Crippen LogP contribution >= 0.6 is 25.9 Å². The number of terminal acetylenes is 1. The topological polar surface area (TPSA) is 72.8 Å². The SMILES string of the molecule is C#C[C@H]1O[C@H](CO)[C@@H]([Tl])[C@H]([Tl])[C@@H]1[O][Tl].O=S=P.O=S=P.P.[SH-]. The largest absolute Gasteiger partial charge is 0.813 e. The quantitative estimate of drug-likeness (QED) is 0.127. The number of rotatable bonds is 2. The van der Waals surface area contributed by atoms with E-state index in [0.29, 0.717) is 54.9 Å². The molecule has 1 N–H and O–H groups in total. The molecule has 0 aliphatic carbocycles. The smallest absolute Gasteiger partial charge is 0.110 e. The first-order valence-corrected chi connectivity index (χ1v) is 15.9. The van der Waals surface area contributed by atoms with E-state index in [9.17, 15) is 5.11 Å². The second-order valence-corrected chi connectivity index (χ2v) is 11.7. The van der Waals surface area contributed by atoms with Crippen molar-refractivity contribution in [3.8, 4) is 12.3 Å². The molecule has 5 nitrogen and oxygen atoms in total. The molecule has 0 amide bonds. The van der Waals surface area contributed by atoms with Crippen LogP contribution in [0.15, 0.2) is 0 Å². The van der Waals surface area contributed by atoms with Crippen molar-refractivity contribution >= 4 is 139 Å². The van der Waals surface area contributed by atoms with Crippen molar-refractivity contribution in [2.45, 2.75) is 25.3 Å². The summed E-state index contributed by atoms with van der Waals surface area (Å²) >= 11 is 2.19. The molecule has 1 rings (SSSR count). The van der Waals surface area contributed by atoms with Gasteiger partial charge in [-0.25, -0.2) is 8.42 Å². The normalized spacial score (nSPS) is 28.3. The predicted octanol–water partition coefficient (Wildman–Crippen LogP) is -0.936. The van der Waals surface area contributed by atoms with E-state index in [0.717, 1.165) is 51.5 Å². The van der Waals surface area contributed by atoms with E-state index in [1.54, 1.807) is 0 Å². The molecule has 1 fully saturated rings. The maximum atomic E-state index is 9.17. The van der Waals surface area contributed by atoms with Gasteiger partial charge in [0.15, 0.2) is 0 Å². The van der Waals surface area contributed by atoms with Gasteiger partial charge in [-0.05, 0) is 16.0 Å². The van der Waals surface area contributed by atoms with Gasteiger partial charge in [0.25, 0.3) is 0 Å². The van der Waals surface area contributed by atoms with Gasteiger partial charge in [-0.3, -0.25) is 0 Å². The summed E-state index contributed by atoms with van der Waals surface area (Å²) in [6.07, 6.45) is 5.26. The molecule has 0 spiro atoms. The van der Waals surface area contributed by atoms with Crippen LogP contribution in [0, 0.1) is 12.3 Å². The Balaban J connectivity index is -0.000000176. The average molecular weight is 993 g/mol. The van der Waals surface area contributed by atoms with Gasteiger partial charge in [-0.1, -0.05) is 0 Å². The van der Waals surface area contributed by atoms with Gasteiger partial charge in [-0.15, -0.1) is 0 Å². The first kappa shape index (κ1) is 33.2. The van der Waals surface area contributed by atoms with Crippen LogP contribution in [-0.2, 0) is 42.6 Å². The molecule has 6 atom stereocenters. The van der Waals surface area contributed by atoms with E-state index in [-0.39, 0.29) is 48.3 Å². The zero-order chi connectivity index (χ0) is 16.1.